The third-order valence-corrected chi connectivity index (χ3v) is 4.88. The first-order valence-corrected chi connectivity index (χ1v) is 6.56. The predicted molar refractivity (Wildman–Crippen MR) is 57.4 cm³/mol. The van der Waals surface area contributed by atoms with Gasteiger partial charge >= 0.3 is 0 Å². The number of hydrogen-bond acceptors (Lipinski definition) is 4. The van der Waals surface area contributed by atoms with Gasteiger partial charge in [0.15, 0.2) is 0 Å². The third-order valence-electron chi connectivity index (χ3n) is 2.35. The lowest BCUT2D eigenvalue weighted by Gasteiger charge is -2.29. The maximum Gasteiger partial charge on any atom is 0.235 e. The molecule has 0 spiro atoms. The quantitative estimate of drug-likeness (QED) is 0.431. The molecule has 1 heterocycles. The first-order chi connectivity index (χ1) is 6.86. The Balaban J connectivity index is 2.34. The maximum absolute atomic E-state index is 9.95. The summed E-state index contributed by atoms with van der Waals surface area (Å²) in [4.78, 5) is 27.1. The molecule has 2 atom stereocenters. The van der Waals surface area contributed by atoms with Crippen LogP contribution in [0.25, 0.3) is 0 Å². The average molecular weight is 214 g/mol. The van der Waals surface area contributed by atoms with E-state index in [4.69, 9.17) is 0 Å². The van der Waals surface area contributed by atoms with Crippen molar-refractivity contribution in [2.75, 3.05) is 23.9 Å². The molecule has 1 saturated heterocycles. The van der Waals surface area contributed by atoms with Gasteiger partial charge in [-0.2, -0.15) is 4.99 Å². The number of rotatable bonds is 4. The number of thiol groups is 1. The van der Waals surface area contributed by atoms with Gasteiger partial charge in [-0.1, -0.05) is 0 Å². The zero-order chi connectivity index (χ0) is 10.2. The molecule has 0 aromatic rings. The minimum absolute atomic E-state index is 0.152. The Hall–Kier alpha value is -0.890. The van der Waals surface area contributed by atoms with Crippen molar-refractivity contribution in [2.24, 2.45) is 15.9 Å². The van der Waals surface area contributed by atoms with Gasteiger partial charge in [0.05, 0.1) is 12.4 Å². The molecule has 0 bridgehead atoms. The highest BCUT2D eigenvalue weighted by atomic mass is 32.2. The Kier molecular flexibility index (Phi) is 5.23. The van der Waals surface area contributed by atoms with Crippen LogP contribution < -0.4 is 0 Å². The van der Waals surface area contributed by atoms with Crippen LogP contribution in [-0.2, 0) is 9.59 Å². The molecule has 0 amide bonds. The van der Waals surface area contributed by atoms with Crippen LogP contribution in [0.3, 0.4) is 0 Å². The van der Waals surface area contributed by atoms with Gasteiger partial charge in [-0.15, -0.1) is 0 Å². The standard InChI is InChI=1S/C9H14N2O2S/c12-6-10-4-9-2-1-3-14(5-9)8-11-7-13/h9,14H,1-5,8H2. The van der Waals surface area contributed by atoms with Gasteiger partial charge in [0.25, 0.3) is 0 Å². The molecule has 2 unspecified atom stereocenters. The van der Waals surface area contributed by atoms with Gasteiger partial charge in [0.2, 0.25) is 12.2 Å². The SMILES string of the molecule is O=C=NCC1CCC[SH](CN=C=O)C1. The molecule has 0 N–H and O–H groups in total. The van der Waals surface area contributed by atoms with E-state index in [0.29, 0.717) is 18.3 Å². The van der Waals surface area contributed by atoms with E-state index in [-0.39, 0.29) is 10.9 Å². The van der Waals surface area contributed by atoms with Crippen LogP contribution >= 0.6 is 10.9 Å². The second-order valence-corrected chi connectivity index (χ2v) is 5.84. The summed E-state index contributed by atoms with van der Waals surface area (Å²) >= 11 is 0. The largest absolute Gasteiger partial charge is 0.235 e. The second-order valence-electron chi connectivity index (χ2n) is 3.41. The zero-order valence-corrected chi connectivity index (χ0v) is 8.87. The van der Waals surface area contributed by atoms with Gasteiger partial charge in [-0.25, -0.2) is 25.5 Å². The summed E-state index contributed by atoms with van der Waals surface area (Å²) < 4.78 is 0. The lowest BCUT2D eigenvalue weighted by Crippen LogP contribution is -2.18. The minimum atomic E-state index is -0.152. The summed E-state index contributed by atoms with van der Waals surface area (Å²) in [6.45, 7) is 0.590. The molecular formula is C9H14N2O2S. The third kappa shape index (κ3) is 3.88. The van der Waals surface area contributed by atoms with Crippen molar-refractivity contribution in [1.82, 2.24) is 0 Å². The molecule has 5 heteroatoms. The molecular weight excluding hydrogens is 200 g/mol. The molecule has 0 aromatic carbocycles. The van der Waals surface area contributed by atoms with E-state index in [1.165, 1.54) is 12.2 Å². The first-order valence-electron chi connectivity index (χ1n) is 4.66. The molecule has 0 radical (unpaired) electrons. The smallest absolute Gasteiger partial charge is 0.233 e. The Morgan fingerprint density at radius 3 is 2.79 bits per heavy atom. The van der Waals surface area contributed by atoms with Gasteiger partial charge in [-0.05, 0) is 30.3 Å². The highest BCUT2D eigenvalue weighted by Gasteiger charge is 2.18. The molecule has 0 aliphatic carbocycles. The fraction of sp³-hybridized carbons (Fsp3) is 0.778. The van der Waals surface area contributed by atoms with E-state index >= 15 is 0 Å². The fourth-order valence-corrected chi connectivity index (χ4v) is 4.08. The number of carbonyl (C=O) groups excluding carboxylic acids is 2. The fourth-order valence-electron chi connectivity index (χ4n) is 1.72. The Morgan fingerprint density at radius 2 is 2.07 bits per heavy atom. The molecule has 1 rings (SSSR count). The van der Waals surface area contributed by atoms with Gasteiger partial charge in [0, 0.05) is 0 Å². The lowest BCUT2D eigenvalue weighted by atomic mass is 10.1. The molecule has 1 fully saturated rings. The molecule has 0 aromatic heterocycles. The van der Waals surface area contributed by atoms with Crippen LogP contribution in [0.4, 0.5) is 0 Å². The van der Waals surface area contributed by atoms with E-state index in [0.717, 1.165) is 12.2 Å². The highest BCUT2D eigenvalue weighted by Crippen LogP contribution is 2.36. The van der Waals surface area contributed by atoms with E-state index in [1.54, 1.807) is 12.2 Å². The van der Waals surface area contributed by atoms with Crippen molar-refractivity contribution < 1.29 is 9.59 Å². The van der Waals surface area contributed by atoms with Gasteiger partial charge < -0.3 is 0 Å². The summed E-state index contributed by atoms with van der Waals surface area (Å²) in [6, 6.07) is 0. The highest BCUT2D eigenvalue weighted by molar-refractivity contribution is 8.17. The monoisotopic (exact) mass is 214 g/mol. The van der Waals surface area contributed by atoms with Crippen LogP contribution in [0.5, 0.6) is 0 Å². The molecule has 1 aliphatic rings. The normalized spacial score (nSPS) is 28.6. The van der Waals surface area contributed by atoms with Crippen LogP contribution in [0.15, 0.2) is 9.98 Å². The molecule has 1 aliphatic heterocycles. The molecule has 14 heavy (non-hydrogen) atoms. The lowest BCUT2D eigenvalue weighted by molar-refractivity contribution is 0.522. The Bertz CT molecular complexity index is 244. The number of aliphatic imine (C=N–C) groups is 2. The Morgan fingerprint density at radius 1 is 1.29 bits per heavy atom. The Labute approximate surface area is 85.9 Å². The average Bonchev–Trinajstić information content (AvgIpc) is 2.24. The minimum Gasteiger partial charge on any atom is -0.233 e. The molecule has 0 saturated carbocycles. The van der Waals surface area contributed by atoms with E-state index in [1.807, 2.05) is 0 Å². The summed E-state index contributed by atoms with van der Waals surface area (Å²) in [6.07, 6.45) is 5.45. The van der Waals surface area contributed by atoms with Crippen molar-refractivity contribution in [3.8, 4) is 0 Å². The first kappa shape index (κ1) is 11.2. The number of hydrogen-bond donors (Lipinski definition) is 1. The van der Waals surface area contributed by atoms with Crippen molar-refractivity contribution in [3.63, 3.8) is 0 Å². The molecule has 78 valence electrons. The second kappa shape index (κ2) is 6.55. The van der Waals surface area contributed by atoms with Crippen molar-refractivity contribution in [3.05, 3.63) is 0 Å². The molecule has 4 nitrogen and oxygen atoms in total. The maximum atomic E-state index is 9.95. The van der Waals surface area contributed by atoms with E-state index in [2.05, 4.69) is 9.98 Å². The van der Waals surface area contributed by atoms with Gasteiger partial charge in [-0.3, -0.25) is 0 Å². The van der Waals surface area contributed by atoms with Gasteiger partial charge in [0.1, 0.15) is 0 Å². The number of isocyanates is 2. The van der Waals surface area contributed by atoms with Crippen molar-refractivity contribution in [2.45, 2.75) is 12.8 Å². The van der Waals surface area contributed by atoms with E-state index < -0.39 is 0 Å². The number of nitrogens with zero attached hydrogens (tertiary/aromatic N) is 2. The van der Waals surface area contributed by atoms with Crippen molar-refractivity contribution >= 4 is 23.1 Å². The summed E-state index contributed by atoms with van der Waals surface area (Å²) in [7, 11) is -0.152. The summed E-state index contributed by atoms with van der Waals surface area (Å²) in [5, 5.41) is 0. The van der Waals surface area contributed by atoms with Crippen molar-refractivity contribution in [1.29, 1.82) is 0 Å². The van der Waals surface area contributed by atoms with E-state index in [9.17, 15) is 9.59 Å². The van der Waals surface area contributed by atoms with Crippen LogP contribution in [0.2, 0.25) is 0 Å². The summed E-state index contributed by atoms with van der Waals surface area (Å²) in [5.41, 5.74) is 0. The van der Waals surface area contributed by atoms with Crippen LogP contribution in [0.1, 0.15) is 12.8 Å². The van der Waals surface area contributed by atoms with Crippen LogP contribution in [-0.4, -0.2) is 36.1 Å². The summed E-state index contributed by atoms with van der Waals surface area (Å²) in [5.74, 6) is 3.39. The topological polar surface area (TPSA) is 58.9 Å². The van der Waals surface area contributed by atoms with Crippen LogP contribution in [0, 0.1) is 5.92 Å². The zero-order valence-electron chi connectivity index (χ0n) is 7.98. The predicted octanol–water partition coefficient (Wildman–Crippen LogP) is 1.03.